The normalized spacial score (nSPS) is 16.4. The van der Waals surface area contributed by atoms with Crippen LogP contribution in [0.4, 0.5) is 11.4 Å². The Labute approximate surface area is 156 Å². The number of rotatable bonds is 4. The summed E-state index contributed by atoms with van der Waals surface area (Å²) >= 11 is 5.96. The third-order valence-corrected chi connectivity index (χ3v) is 5.23. The van der Waals surface area contributed by atoms with Crippen molar-refractivity contribution in [1.29, 1.82) is 0 Å². The lowest BCUT2D eigenvalue weighted by Crippen LogP contribution is -2.48. The first-order chi connectivity index (χ1) is 12.3. The summed E-state index contributed by atoms with van der Waals surface area (Å²) in [5.41, 5.74) is 0.776. The van der Waals surface area contributed by atoms with Gasteiger partial charge in [-0.25, -0.2) is 8.42 Å². The summed E-state index contributed by atoms with van der Waals surface area (Å²) in [5.74, 6) is 0.277. The van der Waals surface area contributed by atoms with Crippen molar-refractivity contribution in [2.24, 2.45) is 0 Å². The maximum Gasteiger partial charge on any atom is 0.267 e. The van der Waals surface area contributed by atoms with Gasteiger partial charge >= 0.3 is 0 Å². The monoisotopic (exact) mass is 396 g/mol. The van der Waals surface area contributed by atoms with Gasteiger partial charge in [-0.05, 0) is 30.3 Å². The minimum absolute atomic E-state index is 0.160. The number of fused-ring (bicyclic) bond motifs is 1. The second-order valence-electron chi connectivity index (χ2n) is 5.70. The molecule has 0 fully saturated rings. The number of carbonyl (C=O) groups is 1. The lowest BCUT2D eigenvalue weighted by Gasteiger charge is -2.34. The van der Waals surface area contributed by atoms with Gasteiger partial charge in [-0.2, -0.15) is 0 Å². The Morgan fingerprint density at radius 2 is 2.04 bits per heavy atom. The third kappa shape index (κ3) is 3.71. The van der Waals surface area contributed by atoms with E-state index in [0.717, 1.165) is 10.6 Å². The zero-order valence-electron chi connectivity index (χ0n) is 14.1. The van der Waals surface area contributed by atoms with Crippen molar-refractivity contribution >= 4 is 38.9 Å². The molecule has 2 aromatic carbocycles. The van der Waals surface area contributed by atoms with E-state index in [2.05, 4.69) is 5.32 Å². The molecule has 3 rings (SSSR count). The van der Waals surface area contributed by atoms with Crippen LogP contribution in [0.3, 0.4) is 0 Å². The van der Waals surface area contributed by atoms with Crippen LogP contribution in [0, 0.1) is 0 Å². The molecule has 0 unspecified atom stereocenters. The molecule has 7 nitrogen and oxygen atoms in total. The number of amides is 1. The average Bonchev–Trinajstić information content (AvgIpc) is 2.60. The zero-order valence-corrected chi connectivity index (χ0v) is 15.7. The van der Waals surface area contributed by atoms with Crippen LogP contribution in [0.5, 0.6) is 11.5 Å². The predicted molar refractivity (Wildman–Crippen MR) is 99.7 cm³/mol. The molecule has 1 aliphatic heterocycles. The molecular weight excluding hydrogens is 380 g/mol. The number of nitrogens with one attached hydrogen (secondary N) is 1. The van der Waals surface area contributed by atoms with E-state index in [1.807, 2.05) is 0 Å². The lowest BCUT2D eigenvalue weighted by atomic mass is 10.2. The second kappa shape index (κ2) is 7.05. The summed E-state index contributed by atoms with van der Waals surface area (Å²) in [5, 5.41) is 3.08. The average molecular weight is 397 g/mol. The number of hydrogen-bond acceptors (Lipinski definition) is 5. The van der Waals surface area contributed by atoms with Gasteiger partial charge in [0, 0.05) is 5.02 Å². The molecule has 0 saturated carbocycles. The Hall–Kier alpha value is -2.45. The Kier molecular flexibility index (Phi) is 4.97. The van der Waals surface area contributed by atoms with E-state index < -0.39 is 22.0 Å². The van der Waals surface area contributed by atoms with Gasteiger partial charge in [0.1, 0.15) is 11.5 Å². The highest BCUT2D eigenvalue weighted by atomic mass is 35.5. The maximum atomic E-state index is 12.6. The van der Waals surface area contributed by atoms with E-state index in [9.17, 15) is 13.2 Å². The molecule has 0 saturated heterocycles. The molecule has 1 amide bonds. The lowest BCUT2D eigenvalue weighted by molar-refractivity contribution is -0.122. The Morgan fingerprint density at radius 1 is 1.31 bits per heavy atom. The largest absolute Gasteiger partial charge is 0.495 e. The first-order valence-electron chi connectivity index (χ1n) is 7.67. The van der Waals surface area contributed by atoms with Crippen molar-refractivity contribution in [3.8, 4) is 11.5 Å². The molecule has 1 heterocycles. The number of carbonyl (C=O) groups excluding carboxylic acids is 1. The highest BCUT2D eigenvalue weighted by Crippen LogP contribution is 2.37. The molecule has 1 atom stereocenters. The second-order valence-corrected chi connectivity index (χ2v) is 8.05. The van der Waals surface area contributed by atoms with Crippen molar-refractivity contribution < 1.29 is 22.7 Å². The summed E-state index contributed by atoms with van der Waals surface area (Å²) in [7, 11) is -2.12. The van der Waals surface area contributed by atoms with Crippen LogP contribution in [-0.2, 0) is 14.8 Å². The number of nitrogens with zero attached hydrogens (tertiary/aromatic N) is 1. The van der Waals surface area contributed by atoms with Gasteiger partial charge in [0.05, 0.1) is 31.3 Å². The van der Waals surface area contributed by atoms with Crippen LogP contribution < -0.4 is 19.1 Å². The minimum atomic E-state index is -3.62. The van der Waals surface area contributed by atoms with E-state index >= 15 is 0 Å². The summed E-state index contributed by atoms with van der Waals surface area (Å²) in [6.07, 6.45) is 0.0429. The number of methoxy groups -OCH3 is 1. The zero-order chi connectivity index (χ0) is 18.9. The predicted octanol–water partition coefficient (Wildman–Crippen LogP) is 2.51. The third-order valence-electron chi connectivity index (χ3n) is 3.85. The van der Waals surface area contributed by atoms with E-state index in [4.69, 9.17) is 21.1 Å². The van der Waals surface area contributed by atoms with Crippen molar-refractivity contribution in [1.82, 2.24) is 0 Å². The van der Waals surface area contributed by atoms with Gasteiger partial charge in [0.2, 0.25) is 10.0 Å². The fraction of sp³-hybridized carbons (Fsp3) is 0.235. The van der Waals surface area contributed by atoms with E-state index in [-0.39, 0.29) is 12.3 Å². The smallest absolute Gasteiger partial charge is 0.267 e. The van der Waals surface area contributed by atoms with Gasteiger partial charge in [0.15, 0.2) is 6.10 Å². The molecule has 0 aliphatic carbocycles. The highest BCUT2D eigenvalue weighted by Gasteiger charge is 2.35. The van der Waals surface area contributed by atoms with Crippen LogP contribution in [0.1, 0.15) is 0 Å². The molecular formula is C17H17ClN2O5S. The Morgan fingerprint density at radius 3 is 2.73 bits per heavy atom. The molecule has 0 radical (unpaired) electrons. The molecule has 0 spiro atoms. The molecule has 9 heteroatoms. The van der Waals surface area contributed by atoms with Gasteiger partial charge in [-0.15, -0.1) is 0 Å². The quantitative estimate of drug-likeness (QED) is 0.858. The molecule has 26 heavy (non-hydrogen) atoms. The van der Waals surface area contributed by atoms with Gasteiger partial charge in [-0.3, -0.25) is 9.10 Å². The maximum absolute atomic E-state index is 12.6. The number of benzene rings is 2. The highest BCUT2D eigenvalue weighted by molar-refractivity contribution is 7.92. The SMILES string of the molecule is COc1ccccc1NC(=O)[C@@H]1CN(S(C)(=O)=O)c2cc(Cl)ccc2O1. The molecule has 138 valence electrons. The van der Waals surface area contributed by atoms with E-state index in [1.54, 1.807) is 36.4 Å². The van der Waals surface area contributed by atoms with Crippen LogP contribution in [0.25, 0.3) is 0 Å². The van der Waals surface area contributed by atoms with Crippen molar-refractivity contribution in [3.63, 3.8) is 0 Å². The fourth-order valence-corrected chi connectivity index (χ4v) is 3.71. The number of anilines is 2. The molecule has 1 N–H and O–H groups in total. The molecule has 0 bridgehead atoms. The van der Waals surface area contributed by atoms with E-state index in [1.165, 1.54) is 13.2 Å². The summed E-state index contributed by atoms with van der Waals surface area (Å²) in [4.78, 5) is 12.6. The summed E-state index contributed by atoms with van der Waals surface area (Å²) in [6.45, 7) is -0.160. The summed E-state index contributed by atoms with van der Waals surface area (Å²) in [6, 6.07) is 11.5. The van der Waals surface area contributed by atoms with Crippen molar-refractivity contribution in [2.45, 2.75) is 6.10 Å². The Balaban J connectivity index is 1.90. The fourth-order valence-electron chi connectivity index (χ4n) is 2.64. The summed E-state index contributed by atoms with van der Waals surface area (Å²) < 4.78 is 36.3. The number of sulfonamides is 1. The Bertz CT molecular complexity index is 948. The van der Waals surface area contributed by atoms with Gasteiger partial charge in [-0.1, -0.05) is 23.7 Å². The molecule has 2 aromatic rings. The first kappa shape index (κ1) is 18.3. The standard InChI is InChI=1S/C17H17ClN2O5S/c1-24-14-6-4-3-5-12(14)19-17(21)16-10-20(26(2,22)23)13-9-11(18)7-8-15(13)25-16/h3-9,16H,10H2,1-2H3,(H,19,21)/t16-/m0/s1. The van der Waals surface area contributed by atoms with Crippen LogP contribution in [0.15, 0.2) is 42.5 Å². The number of ether oxygens (including phenoxy) is 2. The number of halogens is 1. The minimum Gasteiger partial charge on any atom is -0.495 e. The number of para-hydroxylation sites is 2. The van der Waals surface area contributed by atoms with E-state index in [0.29, 0.717) is 22.1 Å². The number of hydrogen-bond donors (Lipinski definition) is 1. The van der Waals surface area contributed by atoms with Crippen molar-refractivity contribution in [2.75, 3.05) is 29.5 Å². The topological polar surface area (TPSA) is 84.9 Å². The van der Waals surface area contributed by atoms with Gasteiger partial charge in [0.25, 0.3) is 5.91 Å². The van der Waals surface area contributed by atoms with Crippen molar-refractivity contribution in [3.05, 3.63) is 47.5 Å². The van der Waals surface area contributed by atoms with Gasteiger partial charge < -0.3 is 14.8 Å². The first-order valence-corrected chi connectivity index (χ1v) is 9.90. The molecule has 1 aliphatic rings. The van der Waals surface area contributed by atoms with Crippen LogP contribution in [-0.4, -0.2) is 40.3 Å². The van der Waals surface area contributed by atoms with Crippen LogP contribution in [0.2, 0.25) is 5.02 Å². The molecule has 0 aromatic heterocycles. The van der Waals surface area contributed by atoms with Crippen LogP contribution >= 0.6 is 11.6 Å².